The Kier molecular flexibility index (Phi) is 5.31. The van der Waals surface area contributed by atoms with Crippen molar-refractivity contribution in [1.29, 1.82) is 0 Å². The zero-order valence-electron chi connectivity index (χ0n) is 11.3. The molecule has 0 amide bonds. The van der Waals surface area contributed by atoms with E-state index in [9.17, 15) is 4.39 Å². The Morgan fingerprint density at radius 3 is 2.79 bits per heavy atom. The van der Waals surface area contributed by atoms with Gasteiger partial charge in [0.1, 0.15) is 5.82 Å². The summed E-state index contributed by atoms with van der Waals surface area (Å²) in [5, 5.41) is 0. The summed E-state index contributed by atoms with van der Waals surface area (Å²) in [5.74, 6) is -0.267. The van der Waals surface area contributed by atoms with E-state index < -0.39 is 6.04 Å². The van der Waals surface area contributed by atoms with E-state index in [4.69, 9.17) is 15.2 Å². The predicted octanol–water partition coefficient (Wildman–Crippen LogP) is 2.80. The van der Waals surface area contributed by atoms with Crippen molar-refractivity contribution in [2.24, 2.45) is 5.73 Å². The molecule has 2 rings (SSSR count). The topological polar surface area (TPSA) is 44.5 Å². The van der Waals surface area contributed by atoms with Crippen LogP contribution in [0.2, 0.25) is 0 Å². The van der Waals surface area contributed by atoms with E-state index in [0.717, 1.165) is 25.7 Å². The zero-order chi connectivity index (χ0) is 13.7. The van der Waals surface area contributed by atoms with Crippen molar-refractivity contribution in [3.05, 3.63) is 35.6 Å². The van der Waals surface area contributed by atoms with Gasteiger partial charge in [-0.05, 0) is 31.7 Å². The quantitative estimate of drug-likeness (QED) is 0.892. The van der Waals surface area contributed by atoms with Crippen molar-refractivity contribution in [3.8, 4) is 0 Å². The molecule has 1 aromatic carbocycles. The summed E-state index contributed by atoms with van der Waals surface area (Å²) >= 11 is 0. The average Bonchev–Trinajstić information content (AvgIpc) is 2.45. The van der Waals surface area contributed by atoms with Gasteiger partial charge in [0.2, 0.25) is 0 Å². The molecule has 0 heterocycles. The lowest BCUT2D eigenvalue weighted by Crippen LogP contribution is -2.30. The highest BCUT2D eigenvalue weighted by Gasteiger charge is 2.23. The van der Waals surface area contributed by atoms with Crippen molar-refractivity contribution in [2.45, 2.75) is 43.9 Å². The number of benzene rings is 1. The van der Waals surface area contributed by atoms with Crippen molar-refractivity contribution < 1.29 is 13.9 Å². The minimum atomic E-state index is -0.413. The van der Waals surface area contributed by atoms with Crippen LogP contribution in [0.4, 0.5) is 4.39 Å². The molecule has 0 bridgehead atoms. The average molecular weight is 267 g/mol. The molecule has 3 nitrogen and oxygen atoms in total. The normalized spacial score (nSPS) is 25.2. The Morgan fingerprint density at radius 1 is 1.32 bits per heavy atom. The summed E-state index contributed by atoms with van der Waals surface area (Å²) in [5.41, 5.74) is 6.50. The number of hydrogen-bond donors (Lipinski definition) is 1. The van der Waals surface area contributed by atoms with Gasteiger partial charge in [0.15, 0.2) is 0 Å². The van der Waals surface area contributed by atoms with Gasteiger partial charge in [-0.25, -0.2) is 4.39 Å². The van der Waals surface area contributed by atoms with E-state index in [-0.39, 0.29) is 18.0 Å². The minimum Gasteiger partial charge on any atom is -0.381 e. The third kappa shape index (κ3) is 4.00. The number of ether oxygens (including phenoxy) is 2. The Labute approximate surface area is 113 Å². The SMILES string of the molecule is COC1CCCC(OCC(N)c2ccccc2F)C1. The van der Waals surface area contributed by atoms with Crippen molar-refractivity contribution in [1.82, 2.24) is 0 Å². The number of methoxy groups -OCH3 is 1. The fourth-order valence-electron chi connectivity index (χ4n) is 2.57. The second kappa shape index (κ2) is 6.98. The fraction of sp³-hybridized carbons (Fsp3) is 0.600. The van der Waals surface area contributed by atoms with Crippen LogP contribution < -0.4 is 5.73 Å². The van der Waals surface area contributed by atoms with Crippen LogP contribution in [0, 0.1) is 5.82 Å². The molecule has 1 fully saturated rings. The lowest BCUT2D eigenvalue weighted by molar-refractivity contribution is -0.0334. The van der Waals surface area contributed by atoms with Gasteiger partial charge in [0.25, 0.3) is 0 Å². The predicted molar refractivity (Wildman–Crippen MR) is 72.3 cm³/mol. The van der Waals surface area contributed by atoms with E-state index in [0.29, 0.717) is 12.2 Å². The van der Waals surface area contributed by atoms with Crippen LogP contribution >= 0.6 is 0 Å². The van der Waals surface area contributed by atoms with Gasteiger partial charge in [-0.3, -0.25) is 0 Å². The monoisotopic (exact) mass is 267 g/mol. The molecule has 0 aliphatic heterocycles. The van der Waals surface area contributed by atoms with Gasteiger partial charge in [0.05, 0.1) is 24.9 Å². The number of halogens is 1. The minimum absolute atomic E-state index is 0.177. The standard InChI is InChI=1S/C15H22FNO2/c1-18-11-5-4-6-12(9-11)19-10-15(17)13-7-2-3-8-14(13)16/h2-3,7-8,11-12,15H,4-6,9-10,17H2,1H3. The molecule has 106 valence electrons. The van der Waals surface area contributed by atoms with E-state index in [1.807, 2.05) is 0 Å². The van der Waals surface area contributed by atoms with Crippen molar-refractivity contribution >= 4 is 0 Å². The molecule has 0 radical (unpaired) electrons. The zero-order valence-corrected chi connectivity index (χ0v) is 11.3. The molecule has 1 aliphatic rings. The van der Waals surface area contributed by atoms with Crippen LogP contribution in [0.15, 0.2) is 24.3 Å². The molecule has 1 aliphatic carbocycles. The van der Waals surface area contributed by atoms with Crippen LogP contribution in [-0.4, -0.2) is 25.9 Å². The third-order valence-electron chi connectivity index (χ3n) is 3.73. The highest BCUT2D eigenvalue weighted by Crippen LogP contribution is 2.24. The number of rotatable bonds is 5. The fourth-order valence-corrected chi connectivity index (χ4v) is 2.57. The third-order valence-corrected chi connectivity index (χ3v) is 3.73. The van der Waals surface area contributed by atoms with Crippen LogP contribution in [0.25, 0.3) is 0 Å². The molecule has 0 saturated heterocycles. The Hall–Kier alpha value is -0.970. The smallest absolute Gasteiger partial charge is 0.128 e. The molecule has 3 unspecified atom stereocenters. The molecule has 3 atom stereocenters. The maximum absolute atomic E-state index is 13.6. The Bertz CT molecular complexity index is 399. The molecule has 4 heteroatoms. The first-order chi connectivity index (χ1) is 9.20. The van der Waals surface area contributed by atoms with Crippen molar-refractivity contribution in [3.63, 3.8) is 0 Å². The second-order valence-corrected chi connectivity index (χ2v) is 5.11. The molecule has 1 saturated carbocycles. The van der Waals surface area contributed by atoms with E-state index >= 15 is 0 Å². The molecule has 0 spiro atoms. The first kappa shape index (κ1) is 14.4. The maximum atomic E-state index is 13.6. The van der Waals surface area contributed by atoms with Crippen LogP contribution in [-0.2, 0) is 9.47 Å². The first-order valence-electron chi connectivity index (χ1n) is 6.85. The van der Waals surface area contributed by atoms with Crippen molar-refractivity contribution in [2.75, 3.05) is 13.7 Å². The molecule has 0 aromatic heterocycles. The molecular formula is C15H22FNO2. The lowest BCUT2D eigenvalue weighted by Gasteiger charge is -2.29. The second-order valence-electron chi connectivity index (χ2n) is 5.11. The van der Waals surface area contributed by atoms with E-state index in [2.05, 4.69) is 0 Å². The number of hydrogen-bond acceptors (Lipinski definition) is 3. The van der Waals surface area contributed by atoms with Gasteiger partial charge >= 0.3 is 0 Å². The largest absolute Gasteiger partial charge is 0.381 e. The summed E-state index contributed by atoms with van der Waals surface area (Å²) in [4.78, 5) is 0. The number of nitrogens with two attached hydrogens (primary N) is 1. The Balaban J connectivity index is 1.83. The first-order valence-corrected chi connectivity index (χ1v) is 6.85. The van der Waals surface area contributed by atoms with Gasteiger partial charge in [0, 0.05) is 12.7 Å². The summed E-state index contributed by atoms with van der Waals surface area (Å²) in [6, 6.07) is 6.18. The van der Waals surface area contributed by atoms with Gasteiger partial charge < -0.3 is 15.2 Å². The molecule has 2 N–H and O–H groups in total. The molecular weight excluding hydrogens is 245 g/mol. The van der Waals surface area contributed by atoms with E-state index in [1.54, 1.807) is 25.3 Å². The van der Waals surface area contributed by atoms with Crippen LogP contribution in [0.3, 0.4) is 0 Å². The highest BCUT2D eigenvalue weighted by molar-refractivity contribution is 5.20. The van der Waals surface area contributed by atoms with E-state index in [1.165, 1.54) is 6.07 Å². The summed E-state index contributed by atoms with van der Waals surface area (Å²) in [7, 11) is 1.73. The summed E-state index contributed by atoms with van der Waals surface area (Å²) < 4.78 is 24.7. The molecule has 19 heavy (non-hydrogen) atoms. The van der Waals surface area contributed by atoms with Crippen LogP contribution in [0.1, 0.15) is 37.3 Å². The molecule has 1 aromatic rings. The van der Waals surface area contributed by atoms with Crippen LogP contribution in [0.5, 0.6) is 0 Å². The Morgan fingerprint density at radius 2 is 2.05 bits per heavy atom. The van der Waals surface area contributed by atoms with Gasteiger partial charge in [-0.2, -0.15) is 0 Å². The summed E-state index contributed by atoms with van der Waals surface area (Å²) in [6.45, 7) is 0.349. The highest BCUT2D eigenvalue weighted by atomic mass is 19.1. The van der Waals surface area contributed by atoms with Gasteiger partial charge in [-0.1, -0.05) is 18.2 Å². The lowest BCUT2D eigenvalue weighted by atomic mass is 9.95. The van der Waals surface area contributed by atoms with Gasteiger partial charge in [-0.15, -0.1) is 0 Å². The summed E-state index contributed by atoms with van der Waals surface area (Å²) in [6.07, 6.45) is 4.60. The maximum Gasteiger partial charge on any atom is 0.128 e.